The SMILES string of the molecule is CC1(C)C=C(N2CCN=C2NC#N)c2cc(S(=O)C(F)(F)F)ccc2O1. The number of nitrogens with one attached hydrogen (secondary N) is 1. The van der Waals surface area contributed by atoms with Gasteiger partial charge in [-0.15, -0.1) is 0 Å². The Morgan fingerprint density at radius 1 is 1.42 bits per heavy atom. The monoisotopic (exact) mass is 384 g/mol. The number of ether oxygens (including phenoxy) is 1. The summed E-state index contributed by atoms with van der Waals surface area (Å²) in [5.41, 5.74) is -4.65. The molecule has 3 rings (SSSR count). The number of aliphatic imine (C=N–C) groups is 1. The molecule has 138 valence electrons. The minimum Gasteiger partial charge on any atom is -0.483 e. The van der Waals surface area contributed by atoms with Gasteiger partial charge >= 0.3 is 5.51 Å². The molecule has 0 amide bonds. The number of alkyl halides is 3. The zero-order chi connectivity index (χ0) is 19.1. The number of benzene rings is 1. The van der Waals surface area contributed by atoms with Gasteiger partial charge in [0.05, 0.1) is 12.2 Å². The molecule has 1 aromatic rings. The summed E-state index contributed by atoms with van der Waals surface area (Å²) in [4.78, 5) is 5.52. The van der Waals surface area contributed by atoms with E-state index < -0.39 is 21.9 Å². The van der Waals surface area contributed by atoms with Gasteiger partial charge in [-0.05, 0) is 38.1 Å². The highest BCUT2D eigenvalue weighted by molar-refractivity contribution is 7.86. The van der Waals surface area contributed by atoms with Crippen LogP contribution >= 0.6 is 0 Å². The Balaban J connectivity index is 2.09. The molecule has 0 radical (unpaired) electrons. The molecule has 0 aromatic heterocycles. The van der Waals surface area contributed by atoms with E-state index in [4.69, 9.17) is 10.00 Å². The molecule has 10 heteroatoms. The number of nitrogens with zero attached hydrogens (tertiary/aromatic N) is 3. The largest absolute Gasteiger partial charge is 0.483 e. The van der Waals surface area contributed by atoms with Gasteiger partial charge in [0.15, 0.2) is 17.0 Å². The fourth-order valence-corrected chi connectivity index (χ4v) is 3.51. The van der Waals surface area contributed by atoms with Crippen LogP contribution in [0.3, 0.4) is 0 Å². The quantitative estimate of drug-likeness (QED) is 0.626. The molecule has 0 spiro atoms. The van der Waals surface area contributed by atoms with Crippen LogP contribution in [0.15, 0.2) is 34.2 Å². The first kappa shape index (κ1) is 18.3. The lowest BCUT2D eigenvalue weighted by Crippen LogP contribution is -2.39. The minimum atomic E-state index is -4.85. The van der Waals surface area contributed by atoms with Crippen LogP contribution in [0.25, 0.3) is 5.70 Å². The molecule has 0 aliphatic carbocycles. The molecule has 2 aliphatic heterocycles. The zero-order valence-electron chi connectivity index (χ0n) is 13.9. The molecule has 1 unspecified atom stereocenters. The highest BCUT2D eigenvalue weighted by Crippen LogP contribution is 2.40. The highest BCUT2D eigenvalue weighted by Gasteiger charge is 2.39. The topological polar surface area (TPSA) is 77.7 Å². The Labute approximate surface area is 150 Å². The summed E-state index contributed by atoms with van der Waals surface area (Å²) in [6.45, 7) is 4.51. The number of rotatable bonds is 2. The van der Waals surface area contributed by atoms with E-state index in [0.717, 1.165) is 6.07 Å². The lowest BCUT2D eigenvalue weighted by atomic mass is 9.98. The molecule has 0 fully saturated rings. The fraction of sp³-hybridized carbons (Fsp3) is 0.375. The fourth-order valence-electron chi connectivity index (χ4n) is 2.83. The Bertz CT molecular complexity index is 871. The van der Waals surface area contributed by atoms with E-state index in [1.54, 1.807) is 17.2 Å². The molecule has 2 heterocycles. The summed E-state index contributed by atoms with van der Waals surface area (Å²) in [5.74, 6) is 0.684. The third-order valence-corrected chi connectivity index (χ3v) is 4.91. The van der Waals surface area contributed by atoms with Gasteiger partial charge in [-0.1, -0.05) is 0 Å². The van der Waals surface area contributed by atoms with Gasteiger partial charge in [0, 0.05) is 17.0 Å². The van der Waals surface area contributed by atoms with Gasteiger partial charge in [-0.25, -0.2) is 4.21 Å². The summed E-state index contributed by atoms with van der Waals surface area (Å²) < 4.78 is 56.0. The molecule has 1 atom stereocenters. The Kier molecular flexibility index (Phi) is 4.44. The van der Waals surface area contributed by atoms with Gasteiger partial charge in [0.25, 0.3) is 0 Å². The van der Waals surface area contributed by atoms with E-state index in [2.05, 4.69) is 10.3 Å². The number of guanidine groups is 1. The zero-order valence-corrected chi connectivity index (χ0v) is 14.7. The van der Waals surface area contributed by atoms with Crippen molar-refractivity contribution >= 4 is 22.5 Å². The first-order valence-corrected chi connectivity index (χ1v) is 8.79. The minimum absolute atomic E-state index is 0.310. The van der Waals surface area contributed by atoms with Crippen LogP contribution < -0.4 is 10.1 Å². The average molecular weight is 384 g/mol. The van der Waals surface area contributed by atoms with Crippen LogP contribution in [-0.4, -0.2) is 39.3 Å². The van der Waals surface area contributed by atoms with E-state index in [9.17, 15) is 17.4 Å². The van der Waals surface area contributed by atoms with E-state index in [0.29, 0.717) is 36.1 Å². The van der Waals surface area contributed by atoms with E-state index in [1.807, 2.05) is 13.8 Å². The van der Waals surface area contributed by atoms with Gasteiger partial charge in [0.2, 0.25) is 5.96 Å². The first-order chi connectivity index (χ1) is 12.1. The molecule has 6 nitrogen and oxygen atoms in total. The Morgan fingerprint density at radius 2 is 2.15 bits per heavy atom. The lowest BCUT2D eigenvalue weighted by Gasteiger charge is -2.35. The summed E-state index contributed by atoms with van der Waals surface area (Å²) >= 11 is 0. The molecule has 2 aliphatic rings. The standard InChI is InChI=1S/C16H15F3N4O2S/c1-15(2)8-12(23-6-5-21-14(23)22-9-20)11-7-10(3-4-13(11)25-15)26(24)16(17,18)19/h3-4,7-8H,5-6H2,1-2H3,(H,21,22). The third-order valence-electron chi connectivity index (χ3n) is 3.81. The van der Waals surface area contributed by atoms with Crippen molar-refractivity contribution in [2.24, 2.45) is 4.99 Å². The van der Waals surface area contributed by atoms with Crippen molar-refractivity contribution in [3.63, 3.8) is 0 Å². The van der Waals surface area contributed by atoms with Crippen LogP contribution in [-0.2, 0) is 10.8 Å². The van der Waals surface area contributed by atoms with E-state index in [-0.39, 0.29) is 4.90 Å². The molecule has 0 saturated heterocycles. The second kappa shape index (κ2) is 6.32. The normalized spacial score (nSPS) is 19.6. The molecule has 0 saturated carbocycles. The van der Waals surface area contributed by atoms with Crippen molar-refractivity contribution in [3.8, 4) is 11.9 Å². The lowest BCUT2D eigenvalue weighted by molar-refractivity contribution is -0.0384. The van der Waals surface area contributed by atoms with Gasteiger partial charge in [-0.2, -0.15) is 18.4 Å². The number of hydrogen-bond donors (Lipinski definition) is 1. The van der Waals surface area contributed by atoms with Crippen LogP contribution in [0.1, 0.15) is 19.4 Å². The molecule has 26 heavy (non-hydrogen) atoms. The van der Waals surface area contributed by atoms with E-state index >= 15 is 0 Å². The van der Waals surface area contributed by atoms with Crippen molar-refractivity contribution in [1.82, 2.24) is 10.2 Å². The van der Waals surface area contributed by atoms with E-state index in [1.165, 1.54) is 12.1 Å². The molecular weight excluding hydrogens is 369 g/mol. The predicted octanol–water partition coefficient (Wildman–Crippen LogP) is 2.57. The summed E-state index contributed by atoms with van der Waals surface area (Å²) in [6.07, 6.45) is 3.54. The van der Waals surface area contributed by atoms with Crippen LogP contribution in [0, 0.1) is 11.5 Å². The Hall–Kier alpha value is -2.54. The van der Waals surface area contributed by atoms with Crippen LogP contribution in [0.5, 0.6) is 5.75 Å². The molecular formula is C16H15F3N4O2S. The van der Waals surface area contributed by atoms with Crippen LogP contribution in [0.4, 0.5) is 13.2 Å². The number of hydrogen-bond acceptors (Lipinski definition) is 6. The van der Waals surface area contributed by atoms with Crippen molar-refractivity contribution in [1.29, 1.82) is 5.26 Å². The summed E-state index contributed by atoms with van der Waals surface area (Å²) in [5, 5.41) is 11.3. The maximum atomic E-state index is 12.8. The predicted molar refractivity (Wildman–Crippen MR) is 89.3 cm³/mol. The molecule has 1 aromatic carbocycles. The summed E-state index contributed by atoms with van der Waals surface area (Å²) in [7, 11) is -3.15. The van der Waals surface area contributed by atoms with Gasteiger partial charge in [-0.3, -0.25) is 10.3 Å². The van der Waals surface area contributed by atoms with Gasteiger partial charge < -0.3 is 9.64 Å². The number of halogens is 3. The van der Waals surface area contributed by atoms with Crippen molar-refractivity contribution in [3.05, 3.63) is 29.8 Å². The number of fused-ring (bicyclic) bond motifs is 1. The molecule has 1 N–H and O–H groups in total. The number of nitriles is 1. The van der Waals surface area contributed by atoms with Gasteiger partial charge in [0.1, 0.15) is 11.4 Å². The smallest absolute Gasteiger partial charge is 0.475 e. The maximum absolute atomic E-state index is 12.8. The maximum Gasteiger partial charge on any atom is 0.475 e. The average Bonchev–Trinajstić information content (AvgIpc) is 3.00. The van der Waals surface area contributed by atoms with Crippen molar-refractivity contribution in [2.45, 2.75) is 29.9 Å². The Morgan fingerprint density at radius 3 is 2.81 bits per heavy atom. The molecule has 0 bridgehead atoms. The first-order valence-electron chi connectivity index (χ1n) is 7.64. The van der Waals surface area contributed by atoms with Crippen molar-refractivity contribution < 1.29 is 22.1 Å². The van der Waals surface area contributed by atoms with Crippen LogP contribution in [0.2, 0.25) is 0 Å². The highest BCUT2D eigenvalue weighted by atomic mass is 32.2. The summed E-state index contributed by atoms with van der Waals surface area (Å²) in [6, 6.07) is 3.74. The van der Waals surface area contributed by atoms with Crippen molar-refractivity contribution in [2.75, 3.05) is 13.1 Å². The third kappa shape index (κ3) is 3.39. The second-order valence-corrected chi connectivity index (χ2v) is 7.67. The second-order valence-electron chi connectivity index (χ2n) is 6.20.